The van der Waals surface area contributed by atoms with E-state index in [-0.39, 0.29) is 36.1 Å². The zero-order chi connectivity index (χ0) is 15.4. The average Bonchev–Trinajstić information content (AvgIpc) is 2.52. The Morgan fingerprint density at radius 1 is 1.09 bits per heavy atom. The van der Waals surface area contributed by atoms with Crippen molar-refractivity contribution in [3.8, 4) is 0 Å². The minimum atomic E-state index is 0. The number of piperidine rings is 1. The molecule has 0 saturated carbocycles. The fourth-order valence-corrected chi connectivity index (χ4v) is 3.01. The molecule has 2 aliphatic rings. The van der Waals surface area contributed by atoms with E-state index in [2.05, 4.69) is 10.6 Å². The Labute approximate surface area is 143 Å². The van der Waals surface area contributed by atoms with Gasteiger partial charge in [0.1, 0.15) is 0 Å². The van der Waals surface area contributed by atoms with E-state index in [1.54, 1.807) is 0 Å². The lowest BCUT2D eigenvalue weighted by atomic mass is 9.93. The molecule has 0 aromatic heterocycles. The lowest BCUT2D eigenvalue weighted by Crippen LogP contribution is -2.54. The zero-order valence-corrected chi connectivity index (χ0v) is 14.0. The molecule has 0 aliphatic carbocycles. The zero-order valence-electron chi connectivity index (χ0n) is 13.2. The van der Waals surface area contributed by atoms with Crippen molar-refractivity contribution in [2.75, 3.05) is 26.2 Å². The van der Waals surface area contributed by atoms with Crippen molar-refractivity contribution < 1.29 is 9.59 Å². The van der Waals surface area contributed by atoms with E-state index in [4.69, 9.17) is 0 Å². The Kier molecular flexibility index (Phi) is 6.42. The van der Waals surface area contributed by atoms with Crippen molar-refractivity contribution in [2.24, 2.45) is 11.8 Å². The first kappa shape index (κ1) is 17.8. The van der Waals surface area contributed by atoms with Gasteiger partial charge in [0, 0.05) is 38.6 Å². The van der Waals surface area contributed by atoms with Crippen LogP contribution in [0.1, 0.15) is 18.4 Å². The monoisotopic (exact) mass is 337 g/mol. The SMILES string of the molecule is Cl.O=C(NCc1ccccc1)C1CCN(C(=O)C2CNC2)CC1. The van der Waals surface area contributed by atoms with Gasteiger partial charge in [-0.1, -0.05) is 30.3 Å². The number of likely N-dealkylation sites (tertiary alicyclic amines) is 1. The Bertz CT molecular complexity index is 526. The Morgan fingerprint density at radius 2 is 1.74 bits per heavy atom. The number of hydrogen-bond acceptors (Lipinski definition) is 3. The predicted octanol–water partition coefficient (Wildman–Crippen LogP) is 1.18. The van der Waals surface area contributed by atoms with Crippen LogP contribution in [0.2, 0.25) is 0 Å². The second kappa shape index (κ2) is 8.31. The largest absolute Gasteiger partial charge is 0.352 e. The number of hydrogen-bond donors (Lipinski definition) is 2. The number of carbonyl (C=O) groups is 2. The van der Waals surface area contributed by atoms with Crippen molar-refractivity contribution in [3.05, 3.63) is 35.9 Å². The highest BCUT2D eigenvalue weighted by molar-refractivity contribution is 5.85. The smallest absolute Gasteiger partial charge is 0.228 e. The fourth-order valence-electron chi connectivity index (χ4n) is 3.01. The van der Waals surface area contributed by atoms with Crippen LogP contribution in [0.4, 0.5) is 0 Å². The minimum Gasteiger partial charge on any atom is -0.352 e. The van der Waals surface area contributed by atoms with Crippen molar-refractivity contribution in [1.82, 2.24) is 15.5 Å². The van der Waals surface area contributed by atoms with Crippen molar-refractivity contribution in [3.63, 3.8) is 0 Å². The van der Waals surface area contributed by atoms with Crippen molar-refractivity contribution >= 4 is 24.2 Å². The van der Waals surface area contributed by atoms with Gasteiger partial charge in [0.05, 0.1) is 5.92 Å². The standard InChI is InChI=1S/C17H23N3O2.ClH/c21-16(19-10-13-4-2-1-3-5-13)14-6-8-20(9-7-14)17(22)15-11-18-12-15;/h1-5,14-15,18H,6-12H2,(H,19,21);1H. The molecule has 0 unspecified atom stereocenters. The molecule has 0 bridgehead atoms. The quantitative estimate of drug-likeness (QED) is 0.867. The molecule has 1 aromatic rings. The normalized spacial score (nSPS) is 18.7. The maximum absolute atomic E-state index is 12.2. The number of carbonyl (C=O) groups excluding carboxylic acids is 2. The van der Waals surface area contributed by atoms with E-state index in [0.29, 0.717) is 19.6 Å². The summed E-state index contributed by atoms with van der Waals surface area (Å²) in [4.78, 5) is 26.3. The summed E-state index contributed by atoms with van der Waals surface area (Å²) >= 11 is 0. The molecule has 23 heavy (non-hydrogen) atoms. The van der Waals surface area contributed by atoms with Crippen LogP contribution < -0.4 is 10.6 Å². The van der Waals surface area contributed by atoms with Gasteiger partial charge in [0.15, 0.2) is 0 Å². The van der Waals surface area contributed by atoms with E-state index < -0.39 is 0 Å². The summed E-state index contributed by atoms with van der Waals surface area (Å²) in [6.45, 7) is 3.59. The van der Waals surface area contributed by atoms with Gasteiger partial charge >= 0.3 is 0 Å². The number of amides is 2. The van der Waals surface area contributed by atoms with Gasteiger partial charge in [-0.15, -0.1) is 12.4 Å². The molecule has 2 heterocycles. The Morgan fingerprint density at radius 3 is 2.30 bits per heavy atom. The number of halogens is 1. The summed E-state index contributed by atoms with van der Waals surface area (Å²) in [5.41, 5.74) is 1.11. The molecule has 1 aromatic carbocycles. The Hall–Kier alpha value is -1.59. The summed E-state index contributed by atoms with van der Waals surface area (Å²) < 4.78 is 0. The fraction of sp³-hybridized carbons (Fsp3) is 0.529. The predicted molar refractivity (Wildman–Crippen MR) is 91.2 cm³/mol. The van der Waals surface area contributed by atoms with Crippen molar-refractivity contribution in [1.29, 1.82) is 0 Å². The molecule has 126 valence electrons. The highest BCUT2D eigenvalue weighted by Crippen LogP contribution is 2.20. The third-order valence-corrected chi connectivity index (χ3v) is 4.62. The first-order chi connectivity index (χ1) is 10.7. The molecule has 2 aliphatic heterocycles. The first-order valence-electron chi connectivity index (χ1n) is 8.05. The van der Waals surface area contributed by atoms with Crippen LogP contribution in [0.25, 0.3) is 0 Å². The van der Waals surface area contributed by atoms with Crippen LogP contribution in [0, 0.1) is 11.8 Å². The van der Waals surface area contributed by atoms with Gasteiger partial charge in [0.2, 0.25) is 11.8 Å². The molecule has 3 rings (SSSR count). The van der Waals surface area contributed by atoms with E-state index in [0.717, 1.165) is 31.5 Å². The minimum absolute atomic E-state index is 0. The van der Waals surface area contributed by atoms with Gasteiger partial charge in [0.25, 0.3) is 0 Å². The molecule has 0 spiro atoms. The van der Waals surface area contributed by atoms with Crippen LogP contribution >= 0.6 is 12.4 Å². The highest BCUT2D eigenvalue weighted by Gasteiger charge is 2.33. The topological polar surface area (TPSA) is 61.4 Å². The Balaban J connectivity index is 0.00000192. The second-order valence-electron chi connectivity index (χ2n) is 6.16. The van der Waals surface area contributed by atoms with Gasteiger partial charge in [-0.3, -0.25) is 9.59 Å². The van der Waals surface area contributed by atoms with Crippen LogP contribution in [0.5, 0.6) is 0 Å². The molecule has 0 radical (unpaired) electrons. The third kappa shape index (κ3) is 4.45. The van der Waals surface area contributed by atoms with Gasteiger partial charge in [-0.2, -0.15) is 0 Å². The molecule has 5 nitrogen and oxygen atoms in total. The van der Waals surface area contributed by atoms with E-state index >= 15 is 0 Å². The molecular weight excluding hydrogens is 314 g/mol. The maximum Gasteiger partial charge on any atom is 0.228 e. The van der Waals surface area contributed by atoms with Crippen LogP contribution in [-0.4, -0.2) is 42.9 Å². The number of nitrogens with one attached hydrogen (secondary N) is 2. The van der Waals surface area contributed by atoms with Crippen LogP contribution in [0.15, 0.2) is 30.3 Å². The molecule has 2 fully saturated rings. The van der Waals surface area contributed by atoms with Crippen molar-refractivity contribution in [2.45, 2.75) is 19.4 Å². The number of rotatable bonds is 4. The van der Waals surface area contributed by atoms with Crippen LogP contribution in [-0.2, 0) is 16.1 Å². The van der Waals surface area contributed by atoms with Gasteiger partial charge < -0.3 is 15.5 Å². The highest BCUT2D eigenvalue weighted by atomic mass is 35.5. The molecule has 2 N–H and O–H groups in total. The second-order valence-corrected chi connectivity index (χ2v) is 6.16. The van der Waals surface area contributed by atoms with Gasteiger partial charge in [-0.25, -0.2) is 0 Å². The van der Waals surface area contributed by atoms with E-state index in [9.17, 15) is 9.59 Å². The number of benzene rings is 1. The third-order valence-electron chi connectivity index (χ3n) is 4.62. The summed E-state index contributed by atoms with van der Waals surface area (Å²) in [7, 11) is 0. The molecule has 0 atom stereocenters. The summed E-state index contributed by atoms with van der Waals surface area (Å²) in [6.07, 6.45) is 1.54. The van der Waals surface area contributed by atoms with Gasteiger partial charge in [-0.05, 0) is 18.4 Å². The summed E-state index contributed by atoms with van der Waals surface area (Å²) in [5, 5.41) is 6.13. The molecular formula is C17H24ClN3O2. The lowest BCUT2D eigenvalue weighted by molar-refractivity contribution is -0.140. The van der Waals surface area contributed by atoms with Crippen LogP contribution in [0.3, 0.4) is 0 Å². The molecule has 2 saturated heterocycles. The molecule has 2 amide bonds. The first-order valence-corrected chi connectivity index (χ1v) is 8.05. The number of nitrogens with zero attached hydrogens (tertiary/aromatic N) is 1. The lowest BCUT2D eigenvalue weighted by Gasteiger charge is -2.36. The van der Waals surface area contributed by atoms with E-state index in [1.165, 1.54) is 0 Å². The summed E-state index contributed by atoms with van der Waals surface area (Å²) in [6, 6.07) is 9.93. The average molecular weight is 338 g/mol. The molecule has 6 heteroatoms. The maximum atomic E-state index is 12.2. The van der Waals surface area contributed by atoms with E-state index in [1.807, 2.05) is 35.2 Å². The summed E-state index contributed by atoms with van der Waals surface area (Å²) in [5.74, 6) is 0.555.